The molecular weight excluding hydrogens is 450 g/mol. The van der Waals surface area contributed by atoms with E-state index in [0.717, 1.165) is 29.7 Å². The number of likely N-dealkylation sites (N-methyl/N-ethyl adjacent to an activating group) is 1. The molecular formula is C25H29ClF2N2O3. The molecule has 2 aliphatic heterocycles. The van der Waals surface area contributed by atoms with Gasteiger partial charge < -0.3 is 14.7 Å². The summed E-state index contributed by atoms with van der Waals surface area (Å²) in [5.41, 5.74) is 0.459. The van der Waals surface area contributed by atoms with Crippen molar-refractivity contribution in [2.45, 2.75) is 37.5 Å². The fourth-order valence-corrected chi connectivity index (χ4v) is 4.58. The first-order valence-electron chi connectivity index (χ1n) is 10.9. The number of piperidine rings is 1. The van der Waals surface area contributed by atoms with E-state index in [1.54, 1.807) is 38.2 Å². The van der Waals surface area contributed by atoms with Crippen molar-refractivity contribution in [3.8, 4) is 0 Å². The molecule has 0 aliphatic carbocycles. The zero-order valence-electron chi connectivity index (χ0n) is 18.8. The van der Waals surface area contributed by atoms with E-state index in [-0.39, 0.29) is 24.0 Å². The standard InChI is InChI=1S/C25H28F2N2O3.ClH/c1-24(31)25(32-23(30)28(24)2)13-16-29(17-14-25)15-3-4-22(18-5-9-20(26)10-6-18)19-7-11-21(27)12-8-19;/h4-12,31H,3,13-17H2,1-2H3;1H. The largest absolute Gasteiger partial charge is 0.437 e. The third kappa shape index (κ3) is 4.90. The molecule has 5 nitrogen and oxygen atoms in total. The second-order valence-corrected chi connectivity index (χ2v) is 8.70. The number of carbonyl (C=O) groups is 1. The number of likely N-dealkylation sites (tertiary alicyclic amines) is 1. The van der Waals surface area contributed by atoms with Crippen molar-refractivity contribution in [2.24, 2.45) is 0 Å². The molecule has 1 unspecified atom stereocenters. The average Bonchev–Trinajstić information content (AvgIpc) is 2.94. The summed E-state index contributed by atoms with van der Waals surface area (Å²) in [4.78, 5) is 15.5. The van der Waals surface area contributed by atoms with Crippen LogP contribution in [0.25, 0.3) is 5.57 Å². The number of halogens is 3. The van der Waals surface area contributed by atoms with E-state index in [1.807, 2.05) is 0 Å². The van der Waals surface area contributed by atoms with Gasteiger partial charge in [-0.15, -0.1) is 12.4 Å². The molecule has 4 rings (SSSR count). The van der Waals surface area contributed by atoms with E-state index in [2.05, 4.69) is 11.0 Å². The fourth-order valence-electron chi connectivity index (χ4n) is 4.58. The van der Waals surface area contributed by atoms with Gasteiger partial charge in [-0.25, -0.2) is 13.6 Å². The smallest absolute Gasteiger partial charge is 0.412 e. The summed E-state index contributed by atoms with van der Waals surface area (Å²) in [6, 6.07) is 12.6. The highest BCUT2D eigenvalue weighted by Gasteiger charge is 2.61. The number of benzene rings is 2. The zero-order chi connectivity index (χ0) is 22.9. The third-order valence-corrected chi connectivity index (χ3v) is 6.84. The third-order valence-electron chi connectivity index (χ3n) is 6.84. The number of nitrogens with zero attached hydrogens (tertiary/aromatic N) is 2. The van der Waals surface area contributed by atoms with E-state index in [1.165, 1.54) is 29.2 Å². The molecule has 2 aromatic rings. The van der Waals surface area contributed by atoms with Crippen molar-refractivity contribution in [2.75, 3.05) is 26.7 Å². The van der Waals surface area contributed by atoms with Gasteiger partial charge in [0.15, 0.2) is 11.3 Å². The summed E-state index contributed by atoms with van der Waals surface area (Å²) in [6.07, 6.45) is 3.46. The van der Waals surface area contributed by atoms with Gasteiger partial charge >= 0.3 is 6.09 Å². The Morgan fingerprint density at radius 2 is 1.52 bits per heavy atom. The van der Waals surface area contributed by atoms with Crippen molar-refractivity contribution in [3.63, 3.8) is 0 Å². The average molecular weight is 479 g/mol. The van der Waals surface area contributed by atoms with Crippen molar-refractivity contribution in [1.29, 1.82) is 0 Å². The van der Waals surface area contributed by atoms with E-state index in [9.17, 15) is 18.7 Å². The number of hydrogen-bond acceptors (Lipinski definition) is 4. The van der Waals surface area contributed by atoms with E-state index >= 15 is 0 Å². The van der Waals surface area contributed by atoms with Gasteiger partial charge in [-0.2, -0.15) is 0 Å². The fraction of sp³-hybridized carbons (Fsp3) is 0.400. The molecule has 2 aliphatic rings. The zero-order valence-corrected chi connectivity index (χ0v) is 19.6. The number of amides is 1. The quantitative estimate of drug-likeness (QED) is 0.668. The Hall–Kier alpha value is -2.48. The van der Waals surface area contributed by atoms with Gasteiger partial charge in [0, 0.05) is 39.5 Å². The molecule has 1 N–H and O–H groups in total. The van der Waals surface area contributed by atoms with Crippen LogP contribution in [0.1, 0.15) is 37.3 Å². The Labute approximate surface area is 199 Å². The lowest BCUT2D eigenvalue weighted by Gasteiger charge is -2.44. The van der Waals surface area contributed by atoms with Crippen molar-refractivity contribution in [1.82, 2.24) is 9.80 Å². The van der Waals surface area contributed by atoms with Crippen LogP contribution in [0.5, 0.6) is 0 Å². The molecule has 1 atom stereocenters. The molecule has 178 valence electrons. The molecule has 0 aromatic heterocycles. The first-order valence-corrected chi connectivity index (χ1v) is 10.9. The van der Waals surface area contributed by atoms with Gasteiger partial charge in [-0.05, 0) is 54.3 Å². The Balaban J connectivity index is 0.00000306. The van der Waals surface area contributed by atoms with Gasteiger partial charge in [0.05, 0.1) is 0 Å². The first-order chi connectivity index (χ1) is 15.2. The van der Waals surface area contributed by atoms with Gasteiger partial charge in [-0.3, -0.25) is 4.90 Å². The maximum Gasteiger partial charge on any atom is 0.412 e. The number of ether oxygens (including phenoxy) is 1. The lowest BCUT2D eigenvalue weighted by atomic mass is 9.82. The normalized spacial score (nSPS) is 22.1. The van der Waals surface area contributed by atoms with E-state index in [4.69, 9.17) is 4.74 Å². The lowest BCUT2D eigenvalue weighted by Crippen LogP contribution is -2.59. The molecule has 2 aromatic carbocycles. The van der Waals surface area contributed by atoms with Crippen LogP contribution in [-0.2, 0) is 4.74 Å². The Morgan fingerprint density at radius 1 is 1.03 bits per heavy atom. The Kier molecular flexibility index (Phi) is 7.46. The van der Waals surface area contributed by atoms with Crippen LogP contribution in [-0.4, -0.2) is 59.0 Å². The minimum atomic E-state index is -1.32. The molecule has 2 heterocycles. The number of carbonyl (C=O) groups excluding carboxylic acids is 1. The molecule has 33 heavy (non-hydrogen) atoms. The summed E-state index contributed by atoms with van der Waals surface area (Å²) in [5.74, 6) is -0.604. The number of hydrogen-bond donors (Lipinski definition) is 1. The molecule has 0 bridgehead atoms. The first kappa shape index (κ1) is 25.1. The van der Waals surface area contributed by atoms with Gasteiger partial charge in [0.25, 0.3) is 0 Å². The van der Waals surface area contributed by atoms with Gasteiger partial charge in [-0.1, -0.05) is 30.3 Å². The predicted octanol–water partition coefficient (Wildman–Crippen LogP) is 4.83. The Morgan fingerprint density at radius 3 is 1.94 bits per heavy atom. The molecule has 2 fully saturated rings. The van der Waals surface area contributed by atoms with Crippen LogP contribution < -0.4 is 0 Å². The predicted molar refractivity (Wildman–Crippen MR) is 125 cm³/mol. The summed E-state index contributed by atoms with van der Waals surface area (Å²) < 4.78 is 32.4. The van der Waals surface area contributed by atoms with Crippen LogP contribution in [0.3, 0.4) is 0 Å². The van der Waals surface area contributed by atoms with E-state index in [0.29, 0.717) is 25.9 Å². The highest BCUT2D eigenvalue weighted by molar-refractivity contribution is 5.85. The van der Waals surface area contributed by atoms with Crippen molar-refractivity contribution in [3.05, 3.63) is 77.4 Å². The molecule has 1 spiro atoms. The van der Waals surface area contributed by atoms with Gasteiger partial charge in [0.2, 0.25) is 0 Å². The van der Waals surface area contributed by atoms with E-state index < -0.39 is 17.4 Å². The van der Waals surface area contributed by atoms with Crippen LogP contribution in [0.2, 0.25) is 0 Å². The summed E-state index contributed by atoms with van der Waals surface area (Å²) in [7, 11) is 1.56. The van der Waals surface area contributed by atoms with Gasteiger partial charge in [0.1, 0.15) is 11.6 Å². The SMILES string of the molecule is CN1C(=O)OC2(CCN(CCC=C(c3ccc(F)cc3)c3ccc(F)cc3)CC2)C1(C)O.Cl. The summed E-state index contributed by atoms with van der Waals surface area (Å²) in [6.45, 7) is 3.82. The second kappa shape index (κ2) is 9.79. The minimum absolute atomic E-state index is 0. The van der Waals surface area contributed by atoms with Crippen LogP contribution in [0, 0.1) is 11.6 Å². The maximum atomic E-state index is 13.4. The molecule has 1 amide bonds. The minimum Gasteiger partial charge on any atom is -0.437 e. The Bertz CT molecular complexity index is 954. The maximum absolute atomic E-state index is 13.4. The second-order valence-electron chi connectivity index (χ2n) is 8.70. The summed E-state index contributed by atoms with van der Waals surface area (Å²) in [5, 5.41) is 10.8. The topological polar surface area (TPSA) is 53.0 Å². The van der Waals surface area contributed by atoms with Crippen LogP contribution in [0.4, 0.5) is 13.6 Å². The lowest BCUT2D eigenvalue weighted by molar-refractivity contribution is -0.160. The molecule has 8 heteroatoms. The number of aliphatic hydroxyl groups is 1. The monoisotopic (exact) mass is 478 g/mol. The van der Waals surface area contributed by atoms with Crippen LogP contribution >= 0.6 is 12.4 Å². The summed E-state index contributed by atoms with van der Waals surface area (Å²) >= 11 is 0. The van der Waals surface area contributed by atoms with Crippen molar-refractivity contribution < 1.29 is 23.4 Å². The molecule has 2 saturated heterocycles. The van der Waals surface area contributed by atoms with Crippen LogP contribution in [0.15, 0.2) is 54.6 Å². The highest BCUT2D eigenvalue weighted by atomic mass is 35.5. The highest BCUT2D eigenvalue weighted by Crippen LogP contribution is 2.43. The molecule has 0 saturated carbocycles. The van der Waals surface area contributed by atoms with Crippen molar-refractivity contribution >= 4 is 24.1 Å². The molecule has 0 radical (unpaired) electrons. The number of rotatable bonds is 5.